The number of primary sulfonamides is 1. The molecule has 0 saturated heterocycles. The number of nitrogens with two attached hydrogens (primary N) is 2. The van der Waals surface area contributed by atoms with Gasteiger partial charge < -0.3 is 5.73 Å². The highest BCUT2D eigenvalue weighted by molar-refractivity contribution is 7.89. The van der Waals surface area contributed by atoms with Crippen LogP contribution in [0.2, 0.25) is 0 Å². The molecule has 4 N–H and O–H groups in total. The second-order valence-electron chi connectivity index (χ2n) is 4.95. The van der Waals surface area contributed by atoms with Crippen molar-refractivity contribution in [1.82, 2.24) is 9.97 Å². The number of rotatable bonds is 3. The Morgan fingerprint density at radius 3 is 2.09 bits per heavy atom. The van der Waals surface area contributed by atoms with Crippen molar-refractivity contribution in [1.29, 1.82) is 0 Å². The lowest BCUT2D eigenvalue weighted by molar-refractivity contribution is 0.598. The van der Waals surface area contributed by atoms with Crippen molar-refractivity contribution in [3.05, 3.63) is 60.9 Å². The molecule has 0 amide bonds. The fraction of sp³-hybridized carbons (Fsp3) is 0. The van der Waals surface area contributed by atoms with Crippen molar-refractivity contribution in [3.8, 4) is 22.4 Å². The molecule has 23 heavy (non-hydrogen) atoms. The molecule has 0 fully saturated rings. The number of hydrogen-bond acceptors (Lipinski definition) is 5. The Labute approximate surface area is 133 Å². The molecular weight excluding hydrogens is 312 g/mol. The topological polar surface area (TPSA) is 112 Å². The third kappa shape index (κ3) is 3.20. The number of nitrogen functional groups attached to an aromatic ring is 1. The summed E-state index contributed by atoms with van der Waals surface area (Å²) >= 11 is 0. The van der Waals surface area contributed by atoms with E-state index in [0.29, 0.717) is 17.1 Å². The first-order chi connectivity index (χ1) is 10.9. The molecule has 0 radical (unpaired) electrons. The van der Waals surface area contributed by atoms with Gasteiger partial charge in [0, 0.05) is 11.1 Å². The lowest BCUT2D eigenvalue weighted by Gasteiger charge is -2.08. The molecule has 0 aliphatic rings. The van der Waals surface area contributed by atoms with Crippen LogP contribution in [0.5, 0.6) is 0 Å². The minimum Gasteiger partial charge on any atom is -0.382 e. The van der Waals surface area contributed by atoms with E-state index >= 15 is 0 Å². The molecule has 0 bridgehead atoms. The van der Waals surface area contributed by atoms with Crippen molar-refractivity contribution in [2.45, 2.75) is 4.90 Å². The molecule has 0 aliphatic heterocycles. The highest BCUT2D eigenvalue weighted by atomic mass is 32.2. The lowest BCUT2D eigenvalue weighted by atomic mass is 10.0. The van der Waals surface area contributed by atoms with Crippen LogP contribution in [0.1, 0.15) is 0 Å². The van der Waals surface area contributed by atoms with E-state index in [1.807, 2.05) is 24.3 Å². The van der Waals surface area contributed by atoms with Gasteiger partial charge in [-0.25, -0.2) is 18.5 Å². The first-order valence-electron chi connectivity index (χ1n) is 6.75. The average Bonchev–Trinajstić information content (AvgIpc) is 2.55. The molecule has 3 rings (SSSR count). The van der Waals surface area contributed by atoms with Crippen molar-refractivity contribution < 1.29 is 8.42 Å². The summed E-state index contributed by atoms with van der Waals surface area (Å²) in [7, 11) is -3.78. The third-order valence-corrected chi connectivity index (χ3v) is 4.33. The van der Waals surface area contributed by atoms with Gasteiger partial charge in [-0.1, -0.05) is 42.5 Å². The quantitative estimate of drug-likeness (QED) is 0.765. The number of nitrogens with zero attached hydrogens (tertiary/aromatic N) is 2. The molecule has 3 aromatic rings. The molecule has 6 nitrogen and oxygen atoms in total. The van der Waals surface area contributed by atoms with E-state index in [1.165, 1.54) is 12.3 Å². The van der Waals surface area contributed by atoms with Crippen molar-refractivity contribution in [2.75, 3.05) is 5.73 Å². The Kier molecular flexibility index (Phi) is 3.81. The zero-order valence-corrected chi connectivity index (χ0v) is 12.9. The van der Waals surface area contributed by atoms with Crippen LogP contribution in [-0.4, -0.2) is 18.4 Å². The van der Waals surface area contributed by atoms with Crippen molar-refractivity contribution >= 4 is 15.8 Å². The standard InChI is InChI=1S/C16H14N4O2S/c17-16-10-19-14(9-20-16)12-7-5-11(6-8-12)13-3-1-2-4-15(13)23(18,21)22/h1-10H,(H2,17,20)(H2,18,21,22). The van der Waals surface area contributed by atoms with Gasteiger partial charge in [0.25, 0.3) is 0 Å². The monoisotopic (exact) mass is 326 g/mol. The van der Waals surface area contributed by atoms with Crippen LogP contribution in [-0.2, 0) is 10.0 Å². The van der Waals surface area contributed by atoms with Gasteiger partial charge in [0.15, 0.2) is 0 Å². The highest BCUT2D eigenvalue weighted by Gasteiger charge is 2.14. The Balaban J connectivity index is 2.02. The van der Waals surface area contributed by atoms with Gasteiger partial charge in [-0.3, -0.25) is 4.98 Å². The number of anilines is 1. The molecular formula is C16H14N4O2S. The van der Waals surface area contributed by atoms with Crippen molar-refractivity contribution in [2.24, 2.45) is 5.14 Å². The third-order valence-electron chi connectivity index (χ3n) is 3.36. The molecule has 0 atom stereocenters. The smallest absolute Gasteiger partial charge is 0.238 e. The van der Waals surface area contributed by atoms with E-state index in [2.05, 4.69) is 9.97 Å². The maximum Gasteiger partial charge on any atom is 0.238 e. The van der Waals surface area contributed by atoms with Crippen LogP contribution in [0, 0.1) is 0 Å². The summed E-state index contributed by atoms with van der Waals surface area (Å²) in [4.78, 5) is 8.30. The number of hydrogen-bond donors (Lipinski definition) is 2. The van der Waals surface area contributed by atoms with Crippen molar-refractivity contribution in [3.63, 3.8) is 0 Å². The number of sulfonamides is 1. The zero-order chi connectivity index (χ0) is 16.4. The average molecular weight is 326 g/mol. The van der Waals surface area contributed by atoms with E-state index in [9.17, 15) is 8.42 Å². The summed E-state index contributed by atoms with van der Waals surface area (Å²) < 4.78 is 23.4. The van der Waals surface area contributed by atoms with Crippen LogP contribution in [0.15, 0.2) is 65.8 Å². The highest BCUT2D eigenvalue weighted by Crippen LogP contribution is 2.28. The molecule has 2 aromatic carbocycles. The van der Waals surface area contributed by atoms with Crippen LogP contribution in [0.4, 0.5) is 5.82 Å². The predicted octanol–water partition coefficient (Wildman–Crippen LogP) is 2.04. The molecule has 7 heteroatoms. The Hall–Kier alpha value is -2.77. The molecule has 1 aromatic heterocycles. The van der Waals surface area contributed by atoms with Crippen LogP contribution < -0.4 is 10.9 Å². The summed E-state index contributed by atoms with van der Waals surface area (Å²) in [6, 6.07) is 13.9. The molecule has 0 unspecified atom stereocenters. The SMILES string of the molecule is Nc1cnc(-c2ccc(-c3ccccc3S(N)(=O)=O)cc2)cn1. The van der Waals surface area contributed by atoms with E-state index < -0.39 is 10.0 Å². The van der Waals surface area contributed by atoms with E-state index in [4.69, 9.17) is 10.9 Å². The molecule has 116 valence electrons. The molecule has 1 heterocycles. The zero-order valence-electron chi connectivity index (χ0n) is 12.0. The van der Waals surface area contributed by atoms with Gasteiger partial charge in [0.05, 0.1) is 23.0 Å². The Bertz CT molecular complexity index is 937. The Morgan fingerprint density at radius 1 is 0.826 bits per heavy atom. The molecule has 0 spiro atoms. The van der Waals surface area contributed by atoms with Gasteiger partial charge >= 0.3 is 0 Å². The lowest BCUT2D eigenvalue weighted by Crippen LogP contribution is -2.13. The first-order valence-corrected chi connectivity index (χ1v) is 8.30. The minimum absolute atomic E-state index is 0.0972. The van der Waals surface area contributed by atoms with Crippen LogP contribution in [0.25, 0.3) is 22.4 Å². The van der Waals surface area contributed by atoms with Crippen LogP contribution in [0.3, 0.4) is 0 Å². The summed E-state index contributed by atoms with van der Waals surface area (Å²) in [5.41, 5.74) is 8.37. The van der Waals surface area contributed by atoms with Gasteiger partial charge in [-0.15, -0.1) is 0 Å². The number of aromatic nitrogens is 2. The second kappa shape index (κ2) is 5.79. The second-order valence-corrected chi connectivity index (χ2v) is 6.47. The Morgan fingerprint density at radius 2 is 1.48 bits per heavy atom. The van der Waals surface area contributed by atoms with Crippen LogP contribution >= 0.6 is 0 Å². The normalized spacial score (nSPS) is 11.3. The maximum absolute atomic E-state index is 11.7. The van der Waals surface area contributed by atoms with Gasteiger partial charge in [0.2, 0.25) is 10.0 Å². The first kappa shape index (κ1) is 15.1. The largest absolute Gasteiger partial charge is 0.382 e. The summed E-state index contributed by atoms with van der Waals surface area (Å²) in [6.45, 7) is 0. The molecule has 0 saturated carbocycles. The molecule has 0 aliphatic carbocycles. The summed E-state index contributed by atoms with van der Waals surface area (Å²) in [5, 5.41) is 5.27. The summed E-state index contributed by atoms with van der Waals surface area (Å²) in [5.74, 6) is 0.354. The fourth-order valence-electron chi connectivity index (χ4n) is 2.26. The predicted molar refractivity (Wildman–Crippen MR) is 88.7 cm³/mol. The minimum atomic E-state index is -3.78. The number of benzene rings is 2. The van der Waals surface area contributed by atoms with E-state index in [1.54, 1.807) is 24.4 Å². The van der Waals surface area contributed by atoms with Gasteiger partial charge in [-0.2, -0.15) is 0 Å². The van der Waals surface area contributed by atoms with Gasteiger partial charge in [-0.05, 0) is 11.6 Å². The summed E-state index contributed by atoms with van der Waals surface area (Å²) in [6.07, 6.45) is 3.07. The maximum atomic E-state index is 11.7. The van der Waals surface area contributed by atoms with E-state index in [-0.39, 0.29) is 4.90 Å². The van der Waals surface area contributed by atoms with Gasteiger partial charge in [0.1, 0.15) is 5.82 Å². The fourth-order valence-corrected chi connectivity index (χ4v) is 3.02. The van der Waals surface area contributed by atoms with E-state index in [0.717, 1.165) is 11.1 Å².